The number of carbonyl (C=O) groups is 5. The van der Waals surface area contributed by atoms with Crippen molar-refractivity contribution in [1.29, 1.82) is 0 Å². The Morgan fingerprint density at radius 3 is 1.02 bits per heavy atom. The molecule has 139 heavy (non-hydrogen) atoms. The number of anilines is 10. The molecule has 0 saturated carbocycles. The van der Waals surface area contributed by atoms with Gasteiger partial charge in [0.25, 0.3) is 29.5 Å². The minimum absolute atomic E-state index is 0.0379. The van der Waals surface area contributed by atoms with Crippen molar-refractivity contribution < 1.29 is 46.3 Å². The fourth-order valence-electron chi connectivity index (χ4n) is 17.5. The van der Waals surface area contributed by atoms with Crippen LogP contribution in [0.1, 0.15) is 127 Å². The summed E-state index contributed by atoms with van der Waals surface area (Å²) in [6.45, 7) is 9.91. The second-order valence-electron chi connectivity index (χ2n) is 34.0. The Balaban J connectivity index is 0.000000126. The number of carbonyl (C=O) groups excluding carboxylic acids is 5. The number of piperidine rings is 5. The van der Waals surface area contributed by atoms with Crippen LogP contribution in [-0.4, -0.2) is 202 Å². The van der Waals surface area contributed by atoms with E-state index in [9.17, 15) is 41.5 Å². The molecule has 46 heteroatoms. The van der Waals surface area contributed by atoms with Crippen LogP contribution in [0.5, 0.6) is 5.75 Å². The molecule has 21 N–H and O–H groups in total. The van der Waals surface area contributed by atoms with Crippen LogP contribution in [0.2, 0.25) is 10.0 Å². The van der Waals surface area contributed by atoms with E-state index >= 15 is 0 Å². The molecule has 12 aromatic heterocycles. The summed E-state index contributed by atoms with van der Waals surface area (Å²) >= 11 is 29.9. The third kappa shape index (κ3) is 23.2. The van der Waals surface area contributed by atoms with Gasteiger partial charge in [-0.3, -0.25) is 34.1 Å². The zero-order valence-corrected chi connectivity index (χ0v) is 84.1. The lowest BCUT2D eigenvalue weighted by Gasteiger charge is -2.33. The van der Waals surface area contributed by atoms with Crippen LogP contribution in [0.15, 0.2) is 170 Å². The molecule has 5 aliphatic heterocycles. The quantitative estimate of drug-likeness (QED) is 0.0400. The van der Waals surface area contributed by atoms with Gasteiger partial charge in [0.05, 0.1) is 153 Å². The summed E-state index contributed by atoms with van der Waals surface area (Å²) in [5.74, 6) is -1.88. The van der Waals surface area contributed by atoms with Crippen molar-refractivity contribution in [3.05, 3.63) is 225 Å². The molecule has 726 valence electrons. The van der Waals surface area contributed by atoms with E-state index in [1.165, 1.54) is 49.8 Å². The highest BCUT2D eigenvalue weighted by molar-refractivity contribution is 9.11. The monoisotopic (exact) mass is 2260 g/mol. The lowest BCUT2D eigenvalue weighted by Crippen LogP contribution is -2.43. The van der Waals surface area contributed by atoms with Crippen LogP contribution in [0.25, 0.3) is 55.2 Å². The van der Waals surface area contributed by atoms with Crippen LogP contribution in [0, 0.1) is 12.7 Å². The number of nitrogens with one attached hydrogen (secondary N) is 11. The number of pyridine rings is 5. The Kier molecular flexibility index (Phi) is 31.8. The number of halogens is 11. The summed E-state index contributed by atoms with van der Waals surface area (Å²) in [5.41, 5.74) is 43.2. The number of aromatic nitrogens is 14. The first-order valence-corrected chi connectivity index (χ1v) is 49.1. The van der Waals surface area contributed by atoms with Gasteiger partial charge in [-0.1, -0.05) is 29.3 Å². The first kappa shape index (κ1) is 100. The summed E-state index contributed by atoms with van der Waals surface area (Å²) in [5, 5.41) is 25.2. The average Bonchev–Trinajstić information content (AvgIpc) is 1.53. The van der Waals surface area contributed by atoms with Crippen LogP contribution in [0.3, 0.4) is 0 Å². The van der Waals surface area contributed by atoms with E-state index in [2.05, 4.69) is 201 Å². The van der Waals surface area contributed by atoms with Crippen LogP contribution < -0.4 is 84.5 Å². The lowest BCUT2D eigenvalue weighted by molar-refractivity contribution is -0.137. The van der Waals surface area contributed by atoms with E-state index in [1.807, 2.05) is 6.92 Å². The smallest absolute Gasteiger partial charge is 0.416 e. The summed E-state index contributed by atoms with van der Waals surface area (Å²) in [4.78, 5) is 120. The van der Waals surface area contributed by atoms with Gasteiger partial charge >= 0.3 is 6.18 Å². The number of hydrogen-bond donors (Lipinski definition) is 16. The number of aryl methyl sites for hydroxylation is 1. The fourth-order valence-corrected chi connectivity index (χ4v) is 20.7. The van der Waals surface area contributed by atoms with E-state index in [0.717, 1.165) is 219 Å². The van der Waals surface area contributed by atoms with Crippen molar-refractivity contribution in [2.45, 2.75) is 108 Å². The van der Waals surface area contributed by atoms with Crippen molar-refractivity contribution in [3.8, 4) is 5.75 Å². The topological polar surface area (TPSA) is 499 Å². The molecule has 20 rings (SSSR count). The highest BCUT2D eigenvalue weighted by atomic mass is 79.9. The lowest BCUT2D eigenvalue weighted by atomic mass is 10.1. The predicted octanol–water partition coefficient (Wildman–Crippen LogP) is 17.8. The van der Waals surface area contributed by atoms with Gasteiger partial charge in [-0.15, -0.1) is 0 Å². The van der Waals surface area contributed by atoms with Gasteiger partial charge in [0.1, 0.15) is 45.5 Å². The van der Waals surface area contributed by atoms with Gasteiger partial charge in [0.2, 0.25) is 0 Å². The Morgan fingerprint density at radius 2 is 0.727 bits per heavy atom. The maximum atomic E-state index is 13.4. The maximum Gasteiger partial charge on any atom is 0.416 e. The van der Waals surface area contributed by atoms with Gasteiger partial charge in [0.15, 0.2) is 0 Å². The number of ether oxygens (including phenoxy) is 1. The van der Waals surface area contributed by atoms with Gasteiger partial charge in [0, 0.05) is 187 Å². The third-order valence-electron chi connectivity index (χ3n) is 24.1. The third-order valence-corrected chi connectivity index (χ3v) is 27.6. The molecular formula is C93H96Br5Cl2F4N29O6. The van der Waals surface area contributed by atoms with Gasteiger partial charge < -0.3 is 109 Å². The Bertz CT molecular complexity index is 7030. The molecule has 0 radical (unpaired) electrons. The van der Waals surface area contributed by atoms with E-state index in [0.29, 0.717) is 84.9 Å². The number of hydrogen-bond acceptors (Lipinski definition) is 24. The fraction of sp³-hybridized carbons (Fsp3) is 0.301. The summed E-state index contributed by atoms with van der Waals surface area (Å²) in [7, 11) is 1.53. The number of amides is 5. The molecule has 5 atom stereocenters. The first-order valence-electron chi connectivity index (χ1n) is 44.4. The summed E-state index contributed by atoms with van der Waals surface area (Å²) in [6, 6.07) is 13.7. The molecule has 35 nitrogen and oxygen atoms in total. The first-order chi connectivity index (χ1) is 66.8. The molecule has 5 aliphatic rings. The molecule has 15 aromatic rings. The predicted molar refractivity (Wildman–Crippen MR) is 552 cm³/mol. The molecule has 5 saturated heterocycles. The molecule has 3 aromatic carbocycles. The van der Waals surface area contributed by atoms with Crippen LogP contribution >= 0.6 is 103 Å². The standard InChI is InChI=1S/C20H21BrClN5O2.C20H19BrF3N5O.C19H18BrClFN5O.C18H20BrN7O.C16H18BrN7O/c1-29-16-5-4-11(7-14(16)22)20(28)26-15-9-25-19-17(15)18(13(21)8-24-19)27-6-2-3-12(23)10-27;21-14-8-26-18-16(17(14)29-6-2-5-13(25)10-29)15(9-27-18)28-19(30)11-3-1-4-12(7-11)20(22,23)24;20-12-7-24-18-16(17(12)27-5-1-2-11(23)9-27)15(8-25-18)26-19(28)10-3-4-14(22)13(21)6-10;1-10-5-22-14(8-21-10)18(27)25-13-7-24-17-15(13)16(12(19)6-23-17)26-4-2-3-11(20)9-26;17-11-6-19-15-13(14(11)24-3-1-2-10(18)8-24)12(7-20-15)23-16(25)9-4-21-22-5-9/h4-5,7-9,12H,2-3,6,10,23H2,1H3,(H,24,25)(H,26,28);1,3-4,7-9,13H,2,5-6,10,25H2,(H,26,27)(H,28,30);3-4,6-8,11H,1-2,5,9,23H2,(H,24,25)(H,26,28);5-8,11H,2-4,9,20H2,1H3,(H,23,24)(H,25,27);4-7,10H,1-3,8,18H2,(H,19,20)(H,21,22)(H,23,25)/t12-;13-;2*11-;10-/m11111/s1. The highest BCUT2D eigenvalue weighted by Crippen LogP contribution is 2.46. The number of alkyl halides is 3. The zero-order chi connectivity index (χ0) is 98.2. The number of nitrogens with two attached hydrogens (primary N) is 5. The minimum atomic E-state index is -4.52. The molecule has 0 aliphatic carbocycles. The van der Waals surface area contributed by atoms with Crippen molar-refractivity contribution in [2.24, 2.45) is 28.7 Å². The maximum absolute atomic E-state index is 13.4. The number of rotatable bonds is 16. The molecule has 0 spiro atoms. The van der Waals surface area contributed by atoms with Gasteiger partial charge in [-0.05, 0) is 205 Å². The molecule has 5 fully saturated rings. The molecule has 17 heterocycles. The van der Waals surface area contributed by atoms with E-state index < -0.39 is 23.5 Å². The van der Waals surface area contributed by atoms with E-state index in [-0.39, 0.29) is 75.7 Å². The Hall–Kier alpha value is -12.0. The highest BCUT2D eigenvalue weighted by Gasteiger charge is 2.34. The number of methoxy groups -OCH3 is 1. The normalized spacial score (nSPS) is 17.3. The van der Waals surface area contributed by atoms with E-state index in [1.54, 1.807) is 92.6 Å². The molecule has 5 amide bonds. The number of H-pyrrole nitrogens is 6. The second-order valence-corrected chi connectivity index (χ2v) is 39.1. The van der Waals surface area contributed by atoms with Crippen LogP contribution in [0.4, 0.5) is 74.4 Å². The van der Waals surface area contributed by atoms with Crippen molar-refractivity contribution in [2.75, 3.05) is 124 Å². The van der Waals surface area contributed by atoms with Gasteiger partial charge in [-0.25, -0.2) is 34.3 Å². The molecule has 0 bridgehead atoms. The van der Waals surface area contributed by atoms with E-state index in [4.69, 9.17) is 56.6 Å². The van der Waals surface area contributed by atoms with Crippen LogP contribution in [-0.2, 0) is 6.18 Å². The Morgan fingerprint density at radius 1 is 0.403 bits per heavy atom. The van der Waals surface area contributed by atoms with Crippen molar-refractivity contribution in [3.63, 3.8) is 0 Å². The zero-order valence-electron chi connectivity index (χ0n) is 74.7. The summed E-state index contributed by atoms with van der Waals surface area (Å²) < 4.78 is 61.7. The van der Waals surface area contributed by atoms with Gasteiger partial charge in [-0.2, -0.15) is 18.3 Å². The number of aromatic amines is 6. The number of fused-ring (bicyclic) bond motifs is 5. The number of nitrogens with zero attached hydrogens (tertiary/aromatic N) is 13. The summed E-state index contributed by atoms with van der Waals surface area (Å²) in [6.07, 6.45) is 28.8. The average molecular weight is 2260 g/mol. The molecular weight excluding hydrogens is 2170 g/mol. The number of benzene rings is 3. The van der Waals surface area contributed by atoms with Crippen molar-refractivity contribution in [1.82, 2.24) is 70.0 Å². The SMILES string of the molecule is COc1ccc(C(=O)Nc2c[nH]c3ncc(Br)c(N4CCC[C@@H](N)C4)c23)cc1Cl.Cc1cnc(C(=O)Nc2c[nH]c3ncc(Br)c(N4CCC[C@@H](N)C4)c23)cn1.N[C@@H]1CCCN(c2c(Br)cnc3[nH]cc(NC(=O)c4ccc(F)c(Cl)c4)c23)C1.N[C@@H]1CCCN(c2c(Br)cnc3[nH]cc(NC(=O)c4cccc(C(F)(F)F)c4)c23)C1.N[C@@H]1CCCN(c2c(Br)cnc3[nH]cc(NC(=O)c4cn[nH]c4)c23)C1. The largest absolute Gasteiger partial charge is 0.495 e. The minimum Gasteiger partial charge on any atom is -0.495 e. The Labute approximate surface area is 844 Å². The second kappa shape index (κ2) is 44.3. The molecule has 0 unspecified atom stereocenters. The van der Waals surface area contributed by atoms with Crippen molar-refractivity contribution >= 4 is 244 Å².